The van der Waals surface area contributed by atoms with Gasteiger partial charge in [-0.2, -0.15) is 31.6 Å². The summed E-state index contributed by atoms with van der Waals surface area (Å²) in [6, 6.07) is 1.86. The Bertz CT molecular complexity index is 761. The molecule has 9 heteroatoms. The van der Waals surface area contributed by atoms with Gasteiger partial charge in [0.15, 0.2) is 5.78 Å². The van der Waals surface area contributed by atoms with Gasteiger partial charge in [0.2, 0.25) is 0 Å². The number of halogens is 6. The lowest BCUT2D eigenvalue weighted by Crippen LogP contribution is -2.23. The van der Waals surface area contributed by atoms with E-state index in [4.69, 9.17) is 5.26 Å². The number of Topliss-reactive ketones (excluding diaryl/α,β-unsaturated/α-hetero) is 1. The van der Waals surface area contributed by atoms with Gasteiger partial charge in [-0.25, -0.2) is 0 Å². The van der Waals surface area contributed by atoms with E-state index in [-0.39, 0.29) is 6.07 Å². The molecule has 0 aliphatic rings. The first-order valence-electron chi connectivity index (χ1n) is 6.77. The van der Waals surface area contributed by atoms with E-state index in [9.17, 15) is 36.2 Å². The van der Waals surface area contributed by atoms with Crippen molar-refractivity contribution in [1.82, 2.24) is 0 Å². The number of allylic oxidation sites excluding steroid dienone is 1. The lowest BCUT2D eigenvalue weighted by atomic mass is 9.85. The van der Waals surface area contributed by atoms with Crippen LogP contribution in [0.3, 0.4) is 0 Å². The predicted octanol–water partition coefficient (Wildman–Crippen LogP) is 5.13. The van der Waals surface area contributed by atoms with Crippen LogP contribution in [0.1, 0.15) is 37.5 Å². The third-order valence-electron chi connectivity index (χ3n) is 3.16. The molecule has 0 spiro atoms. The minimum Gasteiger partial charge on any atom is -0.506 e. The van der Waals surface area contributed by atoms with Gasteiger partial charge in [0.25, 0.3) is 0 Å². The number of benzene rings is 1. The van der Waals surface area contributed by atoms with Crippen LogP contribution < -0.4 is 0 Å². The molecule has 0 amide bonds. The highest BCUT2D eigenvalue weighted by atomic mass is 19.4. The fourth-order valence-electron chi connectivity index (χ4n) is 1.88. The molecule has 1 N–H and O–H groups in total. The molecule has 0 aliphatic carbocycles. The summed E-state index contributed by atoms with van der Waals surface area (Å²) in [5.74, 6) is -2.26. The molecule has 0 atom stereocenters. The molecular weight excluding hydrogens is 352 g/mol. The third kappa shape index (κ3) is 4.53. The van der Waals surface area contributed by atoms with Crippen molar-refractivity contribution in [3.8, 4) is 6.07 Å². The van der Waals surface area contributed by atoms with E-state index in [1.54, 1.807) is 0 Å². The van der Waals surface area contributed by atoms with Gasteiger partial charge in [-0.1, -0.05) is 26.8 Å². The van der Waals surface area contributed by atoms with Crippen LogP contribution in [0.5, 0.6) is 0 Å². The monoisotopic (exact) mass is 365 g/mol. The van der Waals surface area contributed by atoms with Crippen LogP contribution >= 0.6 is 0 Å². The Balaban J connectivity index is 3.74. The van der Waals surface area contributed by atoms with E-state index in [2.05, 4.69) is 0 Å². The van der Waals surface area contributed by atoms with Gasteiger partial charge < -0.3 is 5.11 Å². The second-order valence-corrected chi connectivity index (χ2v) is 6.17. The summed E-state index contributed by atoms with van der Waals surface area (Å²) in [6.45, 7) is 4.12. The summed E-state index contributed by atoms with van der Waals surface area (Å²) in [4.78, 5) is 12.1. The second kappa shape index (κ2) is 6.43. The first-order chi connectivity index (χ1) is 11.1. The normalized spacial score (nSPS) is 13.9. The minimum absolute atomic E-state index is 0.178. The molecule has 1 aromatic carbocycles. The van der Waals surface area contributed by atoms with Crippen molar-refractivity contribution in [3.63, 3.8) is 0 Å². The first-order valence-corrected chi connectivity index (χ1v) is 6.77. The zero-order chi connectivity index (χ0) is 19.8. The van der Waals surface area contributed by atoms with Gasteiger partial charge in [0.05, 0.1) is 11.1 Å². The Hall–Kier alpha value is -2.50. The quantitative estimate of drug-likeness (QED) is 0.342. The number of hydrogen-bond donors (Lipinski definition) is 1. The van der Waals surface area contributed by atoms with Crippen molar-refractivity contribution < 1.29 is 36.2 Å². The summed E-state index contributed by atoms with van der Waals surface area (Å²) in [5.41, 5.74) is -6.60. The van der Waals surface area contributed by atoms with Crippen LogP contribution in [-0.2, 0) is 17.1 Å². The average molecular weight is 365 g/mol. The molecule has 0 aliphatic heterocycles. The van der Waals surface area contributed by atoms with Crippen LogP contribution in [0.25, 0.3) is 5.76 Å². The predicted molar refractivity (Wildman–Crippen MR) is 76.1 cm³/mol. The number of aliphatic hydroxyl groups excluding tert-OH is 1. The topological polar surface area (TPSA) is 61.1 Å². The fraction of sp³-hybridized carbons (Fsp3) is 0.375. The van der Waals surface area contributed by atoms with Crippen LogP contribution in [0.15, 0.2) is 23.8 Å². The van der Waals surface area contributed by atoms with Crippen LogP contribution in [0, 0.1) is 16.7 Å². The van der Waals surface area contributed by atoms with E-state index in [1.165, 1.54) is 26.8 Å². The van der Waals surface area contributed by atoms with Gasteiger partial charge >= 0.3 is 12.4 Å². The molecule has 0 radical (unpaired) electrons. The van der Waals surface area contributed by atoms with Gasteiger partial charge in [0, 0.05) is 11.0 Å². The summed E-state index contributed by atoms with van der Waals surface area (Å²) >= 11 is 0. The Kier molecular flexibility index (Phi) is 5.28. The van der Waals surface area contributed by atoms with Gasteiger partial charge in [-0.15, -0.1) is 0 Å². The number of nitrogens with zero attached hydrogens (tertiary/aromatic N) is 1. The van der Waals surface area contributed by atoms with Crippen molar-refractivity contribution in [2.45, 2.75) is 33.1 Å². The summed E-state index contributed by atoms with van der Waals surface area (Å²) < 4.78 is 77.3. The van der Waals surface area contributed by atoms with Crippen molar-refractivity contribution in [1.29, 1.82) is 5.26 Å². The summed E-state index contributed by atoms with van der Waals surface area (Å²) in [6.07, 6.45) is -10.3. The second-order valence-electron chi connectivity index (χ2n) is 6.17. The minimum atomic E-state index is -5.24. The number of hydrogen-bond acceptors (Lipinski definition) is 3. The molecule has 3 nitrogen and oxygen atoms in total. The van der Waals surface area contributed by atoms with E-state index in [1.807, 2.05) is 0 Å². The molecular formula is C16H13F6NO2. The number of carbonyl (C=O) groups is 1. The molecule has 0 saturated carbocycles. The number of rotatable bonds is 2. The molecule has 0 unspecified atom stereocenters. The SMILES string of the molecule is CC(C)(C)C(=O)C(C#N)=C(O)c1ccc(C(F)(F)F)cc1C(F)(F)F. The zero-order valence-electron chi connectivity index (χ0n) is 13.3. The maximum atomic E-state index is 13.1. The molecule has 1 aromatic rings. The van der Waals surface area contributed by atoms with E-state index >= 15 is 0 Å². The maximum Gasteiger partial charge on any atom is 0.417 e. The molecule has 0 bridgehead atoms. The summed E-state index contributed by atoms with van der Waals surface area (Å²) in [7, 11) is 0. The lowest BCUT2D eigenvalue weighted by Gasteiger charge is -2.19. The lowest BCUT2D eigenvalue weighted by molar-refractivity contribution is -0.143. The fourth-order valence-corrected chi connectivity index (χ4v) is 1.88. The largest absolute Gasteiger partial charge is 0.506 e. The van der Waals surface area contributed by atoms with Gasteiger partial charge in [-0.05, 0) is 12.1 Å². The zero-order valence-corrected chi connectivity index (χ0v) is 13.3. The Morgan fingerprint density at radius 2 is 1.56 bits per heavy atom. The number of carbonyl (C=O) groups excluding carboxylic acids is 1. The number of aliphatic hydroxyl groups is 1. The molecule has 136 valence electrons. The average Bonchev–Trinajstić information content (AvgIpc) is 2.44. The molecule has 0 fully saturated rings. The van der Waals surface area contributed by atoms with E-state index in [0.717, 1.165) is 0 Å². The Morgan fingerprint density at radius 1 is 1.04 bits per heavy atom. The van der Waals surface area contributed by atoms with Gasteiger partial charge in [-0.3, -0.25) is 4.79 Å². The molecule has 0 heterocycles. The molecule has 1 rings (SSSR count). The van der Waals surface area contributed by atoms with E-state index in [0.29, 0.717) is 12.1 Å². The van der Waals surface area contributed by atoms with E-state index < -0.39 is 51.6 Å². The molecule has 0 aromatic heterocycles. The smallest absolute Gasteiger partial charge is 0.417 e. The number of nitriles is 1. The highest BCUT2D eigenvalue weighted by Crippen LogP contribution is 2.40. The van der Waals surface area contributed by atoms with Gasteiger partial charge in [0.1, 0.15) is 17.4 Å². The third-order valence-corrected chi connectivity index (χ3v) is 3.16. The standard InChI is InChI=1S/C16H13F6NO2/c1-14(2,3)13(25)10(7-23)12(24)9-5-4-8(15(17,18)19)6-11(9)16(20,21)22/h4-6,24H,1-3H3. The van der Waals surface area contributed by atoms with Crippen LogP contribution in [-0.4, -0.2) is 10.9 Å². The van der Waals surface area contributed by atoms with Crippen molar-refractivity contribution in [2.75, 3.05) is 0 Å². The number of ketones is 1. The van der Waals surface area contributed by atoms with Crippen molar-refractivity contribution >= 4 is 11.5 Å². The highest BCUT2D eigenvalue weighted by molar-refractivity contribution is 6.07. The molecule has 0 saturated heterocycles. The van der Waals surface area contributed by atoms with Crippen LogP contribution in [0.2, 0.25) is 0 Å². The summed E-state index contributed by atoms with van der Waals surface area (Å²) in [5, 5.41) is 19.0. The molecule has 25 heavy (non-hydrogen) atoms. The van der Waals surface area contributed by atoms with Crippen molar-refractivity contribution in [3.05, 3.63) is 40.5 Å². The highest BCUT2D eigenvalue weighted by Gasteiger charge is 2.40. The maximum absolute atomic E-state index is 13.1. The first kappa shape index (κ1) is 20.5. The van der Waals surface area contributed by atoms with Crippen molar-refractivity contribution in [2.24, 2.45) is 5.41 Å². The Labute approximate surface area is 139 Å². The number of alkyl halides is 6. The Morgan fingerprint density at radius 3 is 1.92 bits per heavy atom. The van der Waals surface area contributed by atoms with Crippen LogP contribution in [0.4, 0.5) is 26.3 Å².